The Hall–Kier alpha value is -3.56. The number of carbonyl (C=O) groups is 1. The first kappa shape index (κ1) is 19.2. The summed E-state index contributed by atoms with van der Waals surface area (Å²) in [7, 11) is 2.67. The number of pyridine rings is 2. The molecule has 0 saturated heterocycles. The van der Waals surface area contributed by atoms with Crippen LogP contribution >= 0.6 is 0 Å². The summed E-state index contributed by atoms with van der Waals surface area (Å²) in [6, 6.07) is 7.32. The van der Waals surface area contributed by atoms with Gasteiger partial charge >= 0.3 is 12.3 Å². The minimum Gasteiger partial charge on any atom is -0.497 e. The topological polar surface area (TPSA) is 90.5 Å². The molecule has 0 spiro atoms. The van der Waals surface area contributed by atoms with Crippen LogP contribution in [0, 0.1) is 0 Å². The van der Waals surface area contributed by atoms with Crippen LogP contribution in [0.25, 0.3) is 22.2 Å². The summed E-state index contributed by atoms with van der Waals surface area (Å²) in [5, 5.41) is 0.239. The van der Waals surface area contributed by atoms with Crippen LogP contribution in [-0.2, 0) is 7.05 Å². The number of fused-ring (bicyclic) bond motifs is 1. The molecule has 1 aromatic carbocycles. The minimum atomic E-state index is -5.21. The van der Waals surface area contributed by atoms with Gasteiger partial charge in [-0.2, -0.15) is 4.90 Å². The van der Waals surface area contributed by atoms with Crippen LogP contribution in [0.2, 0.25) is 0 Å². The lowest BCUT2D eigenvalue weighted by Gasteiger charge is -2.26. The number of hydrogen-bond acceptors (Lipinski definition) is 4. The third-order valence-electron chi connectivity index (χ3n) is 4.17. The Labute approximate surface area is 156 Å². The van der Waals surface area contributed by atoms with Crippen molar-refractivity contribution in [3.05, 3.63) is 52.9 Å². The second kappa shape index (κ2) is 6.87. The third kappa shape index (κ3) is 3.13. The van der Waals surface area contributed by atoms with Gasteiger partial charge in [0.05, 0.1) is 7.11 Å². The van der Waals surface area contributed by atoms with Crippen LogP contribution in [0.5, 0.6) is 5.75 Å². The average Bonchev–Trinajstić information content (AvgIpc) is 2.64. The van der Waals surface area contributed by atoms with E-state index in [1.54, 1.807) is 12.1 Å². The fraction of sp³-hybridized carbons (Fsp3) is 0.167. The van der Waals surface area contributed by atoms with E-state index in [0.29, 0.717) is 5.75 Å². The van der Waals surface area contributed by atoms with E-state index in [9.17, 15) is 22.8 Å². The number of aryl methyl sites for hydroxylation is 1. The molecule has 0 fully saturated rings. The van der Waals surface area contributed by atoms with Gasteiger partial charge in [-0.25, -0.2) is 9.78 Å². The van der Waals surface area contributed by atoms with Gasteiger partial charge in [-0.05, 0) is 29.8 Å². The smallest absolute Gasteiger partial charge is 0.493 e. The molecule has 2 amide bonds. The van der Waals surface area contributed by atoms with Crippen molar-refractivity contribution in [3.8, 4) is 16.9 Å². The monoisotopic (exact) mass is 392 g/mol. The molecule has 2 N–H and O–H groups in total. The van der Waals surface area contributed by atoms with Crippen molar-refractivity contribution in [1.29, 1.82) is 0 Å². The number of halogens is 3. The highest BCUT2D eigenvalue weighted by molar-refractivity contribution is 6.05. The van der Waals surface area contributed by atoms with E-state index in [1.807, 2.05) is 0 Å². The number of methoxy groups -OCH3 is 1. The molecule has 3 rings (SSSR count). The van der Waals surface area contributed by atoms with Crippen molar-refractivity contribution in [2.24, 2.45) is 12.8 Å². The number of primary amides is 1. The quantitative estimate of drug-likeness (QED) is 0.694. The normalized spacial score (nSPS) is 11.5. The number of ether oxygens (including phenoxy) is 1. The molecule has 3 aromatic rings. The summed E-state index contributed by atoms with van der Waals surface area (Å²) in [5.41, 5.74) is 3.29. The van der Waals surface area contributed by atoms with Crippen molar-refractivity contribution < 1.29 is 22.7 Å². The van der Waals surface area contributed by atoms with Crippen LogP contribution in [0.3, 0.4) is 0 Å². The highest BCUT2D eigenvalue weighted by Crippen LogP contribution is 2.39. The Balaban J connectivity index is 2.54. The number of anilines is 1. The maximum atomic E-state index is 13.6. The first-order valence-electron chi connectivity index (χ1n) is 7.95. The Kier molecular flexibility index (Phi) is 4.72. The molecule has 2 heterocycles. The SMILES string of the molecule is COc1cccc(-c2c(N(C(N)=O)C(F)(F)F)c(=O)n(C)c3ncccc23)c1. The second-order valence-electron chi connectivity index (χ2n) is 5.84. The van der Waals surface area contributed by atoms with Gasteiger partial charge in [0.25, 0.3) is 5.56 Å². The number of benzene rings is 1. The predicted octanol–water partition coefficient (Wildman–Crippen LogP) is 3.01. The summed E-state index contributed by atoms with van der Waals surface area (Å²) in [4.78, 5) is 28.0. The maximum absolute atomic E-state index is 13.6. The number of rotatable bonds is 3. The fourth-order valence-corrected chi connectivity index (χ4v) is 2.99. The Morgan fingerprint density at radius 2 is 1.96 bits per heavy atom. The molecule has 2 aromatic heterocycles. The second-order valence-corrected chi connectivity index (χ2v) is 5.84. The van der Waals surface area contributed by atoms with Crippen LogP contribution in [0.15, 0.2) is 47.4 Å². The predicted molar refractivity (Wildman–Crippen MR) is 97.1 cm³/mol. The Morgan fingerprint density at radius 3 is 2.57 bits per heavy atom. The molecule has 10 heteroatoms. The van der Waals surface area contributed by atoms with Gasteiger partial charge in [0, 0.05) is 24.2 Å². The fourth-order valence-electron chi connectivity index (χ4n) is 2.99. The zero-order valence-corrected chi connectivity index (χ0v) is 14.8. The summed E-state index contributed by atoms with van der Waals surface area (Å²) in [5.74, 6) is 0.360. The molecular formula is C18H15F3N4O3. The molecule has 0 saturated carbocycles. The van der Waals surface area contributed by atoms with E-state index < -0.39 is 28.5 Å². The molecule has 0 bridgehead atoms. The number of carbonyl (C=O) groups excluding carboxylic acids is 1. The van der Waals surface area contributed by atoms with Gasteiger partial charge in [-0.3, -0.25) is 9.36 Å². The van der Waals surface area contributed by atoms with E-state index >= 15 is 0 Å². The van der Waals surface area contributed by atoms with Gasteiger partial charge in [0.15, 0.2) is 0 Å². The van der Waals surface area contributed by atoms with E-state index in [-0.39, 0.29) is 22.2 Å². The molecule has 0 aliphatic rings. The Morgan fingerprint density at radius 1 is 1.25 bits per heavy atom. The summed E-state index contributed by atoms with van der Waals surface area (Å²) >= 11 is 0. The van der Waals surface area contributed by atoms with Crippen LogP contribution < -0.4 is 20.9 Å². The van der Waals surface area contributed by atoms with Gasteiger partial charge in [0.1, 0.15) is 17.1 Å². The van der Waals surface area contributed by atoms with Crippen molar-refractivity contribution >= 4 is 22.8 Å². The molecular weight excluding hydrogens is 377 g/mol. The number of alkyl halides is 3. The molecule has 0 aliphatic carbocycles. The summed E-state index contributed by atoms with van der Waals surface area (Å²) in [6.07, 6.45) is -3.80. The lowest BCUT2D eigenvalue weighted by Crippen LogP contribution is -2.49. The average molecular weight is 392 g/mol. The van der Waals surface area contributed by atoms with E-state index in [0.717, 1.165) is 4.57 Å². The van der Waals surface area contributed by atoms with Crippen molar-refractivity contribution in [2.45, 2.75) is 6.30 Å². The number of hydrogen-bond donors (Lipinski definition) is 1. The highest BCUT2D eigenvalue weighted by Gasteiger charge is 2.44. The maximum Gasteiger partial charge on any atom is 0.493 e. The molecule has 146 valence electrons. The minimum absolute atomic E-state index is 0.124. The molecule has 0 radical (unpaired) electrons. The molecule has 7 nitrogen and oxygen atoms in total. The van der Waals surface area contributed by atoms with Gasteiger partial charge in [-0.1, -0.05) is 12.1 Å². The first-order chi connectivity index (χ1) is 13.2. The first-order valence-corrected chi connectivity index (χ1v) is 7.95. The number of amides is 2. The molecule has 0 aliphatic heterocycles. The summed E-state index contributed by atoms with van der Waals surface area (Å²) in [6.45, 7) is 0. The Bertz CT molecular complexity index is 1130. The summed E-state index contributed by atoms with van der Waals surface area (Å²) < 4.78 is 47.0. The lowest BCUT2D eigenvalue weighted by molar-refractivity contribution is -0.121. The molecule has 0 atom stereocenters. The lowest BCUT2D eigenvalue weighted by atomic mass is 9.99. The standard InChI is InChI=1S/C18H15F3N4O3/c1-24-15-12(7-4-8-23-15)13(10-5-3-6-11(9-10)28-2)14(16(24)26)25(17(22)27)18(19,20)21/h3-9H,1-2H3,(H2,22,27). The molecule has 28 heavy (non-hydrogen) atoms. The van der Waals surface area contributed by atoms with Crippen molar-refractivity contribution in [2.75, 3.05) is 12.0 Å². The van der Waals surface area contributed by atoms with Crippen LogP contribution in [0.1, 0.15) is 0 Å². The van der Waals surface area contributed by atoms with E-state index in [1.165, 1.54) is 44.6 Å². The number of urea groups is 1. The highest BCUT2D eigenvalue weighted by atomic mass is 19.4. The zero-order valence-electron chi connectivity index (χ0n) is 14.8. The number of aromatic nitrogens is 2. The van der Waals surface area contributed by atoms with Gasteiger partial charge in [0.2, 0.25) is 0 Å². The van der Waals surface area contributed by atoms with E-state index in [2.05, 4.69) is 4.98 Å². The van der Waals surface area contributed by atoms with E-state index in [4.69, 9.17) is 10.5 Å². The van der Waals surface area contributed by atoms with Crippen LogP contribution in [0.4, 0.5) is 23.7 Å². The van der Waals surface area contributed by atoms with Gasteiger partial charge in [-0.15, -0.1) is 13.2 Å². The largest absolute Gasteiger partial charge is 0.497 e. The third-order valence-corrected chi connectivity index (χ3v) is 4.17. The van der Waals surface area contributed by atoms with Gasteiger partial charge < -0.3 is 10.5 Å². The van der Waals surface area contributed by atoms with Crippen molar-refractivity contribution in [1.82, 2.24) is 9.55 Å². The van der Waals surface area contributed by atoms with Crippen LogP contribution in [-0.4, -0.2) is 29.0 Å². The number of nitrogens with two attached hydrogens (primary N) is 1. The van der Waals surface area contributed by atoms with Crippen molar-refractivity contribution in [3.63, 3.8) is 0 Å². The molecule has 0 unspecified atom stereocenters. The number of nitrogens with zero attached hydrogens (tertiary/aromatic N) is 3. The zero-order chi connectivity index (χ0) is 20.6.